The van der Waals surface area contributed by atoms with Crippen LogP contribution in [0.4, 0.5) is 0 Å². The van der Waals surface area contributed by atoms with Crippen molar-refractivity contribution in [3.05, 3.63) is 33.3 Å². The van der Waals surface area contributed by atoms with Crippen molar-refractivity contribution in [3.63, 3.8) is 0 Å². The summed E-state index contributed by atoms with van der Waals surface area (Å²) in [5.41, 5.74) is 6.16. The zero-order valence-electron chi connectivity index (χ0n) is 11.6. The maximum atomic E-state index is 12.5. The molecular formula is C15H20BrClN2O. The van der Waals surface area contributed by atoms with Gasteiger partial charge in [0, 0.05) is 11.0 Å². The van der Waals surface area contributed by atoms with Crippen LogP contribution in [-0.4, -0.2) is 18.0 Å². The molecule has 1 aromatic carbocycles. The van der Waals surface area contributed by atoms with Crippen molar-refractivity contribution < 1.29 is 4.79 Å². The van der Waals surface area contributed by atoms with Gasteiger partial charge in [-0.2, -0.15) is 0 Å². The minimum Gasteiger partial charge on any atom is -0.345 e. The van der Waals surface area contributed by atoms with Gasteiger partial charge in [-0.15, -0.1) is 0 Å². The number of carbonyl (C=O) groups is 1. The number of hydrogen-bond acceptors (Lipinski definition) is 2. The largest absolute Gasteiger partial charge is 0.345 e. The van der Waals surface area contributed by atoms with E-state index in [0.29, 0.717) is 23.0 Å². The van der Waals surface area contributed by atoms with Gasteiger partial charge in [-0.05, 0) is 37.0 Å². The lowest BCUT2D eigenvalue weighted by Gasteiger charge is -2.42. The molecule has 0 aromatic heterocycles. The van der Waals surface area contributed by atoms with E-state index in [-0.39, 0.29) is 11.4 Å². The lowest BCUT2D eigenvalue weighted by molar-refractivity contribution is 0.0813. The molecule has 2 rings (SSSR count). The van der Waals surface area contributed by atoms with Crippen molar-refractivity contribution >= 4 is 33.4 Å². The molecule has 1 fully saturated rings. The highest BCUT2D eigenvalue weighted by molar-refractivity contribution is 9.10. The number of benzene rings is 1. The topological polar surface area (TPSA) is 55.1 Å². The van der Waals surface area contributed by atoms with Crippen molar-refractivity contribution in [2.75, 3.05) is 6.54 Å². The van der Waals surface area contributed by atoms with Gasteiger partial charge in [0.25, 0.3) is 5.91 Å². The average Bonchev–Trinajstić information content (AvgIpc) is 2.41. The van der Waals surface area contributed by atoms with Gasteiger partial charge in [0.05, 0.1) is 16.1 Å². The van der Waals surface area contributed by atoms with Gasteiger partial charge < -0.3 is 11.1 Å². The first-order valence-corrected chi connectivity index (χ1v) is 8.13. The highest BCUT2D eigenvalue weighted by Gasteiger charge is 2.38. The fourth-order valence-electron chi connectivity index (χ4n) is 2.92. The van der Waals surface area contributed by atoms with E-state index in [1.807, 2.05) is 6.07 Å². The van der Waals surface area contributed by atoms with E-state index in [2.05, 4.69) is 28.2 Å². The highest BCUT2D eigenvalue weighted by Crippen LogP contribution is 2.33. The molecule has 3 N–H and O–H groups in total. The summed E-state index contributed by atoms with van der Waals surface area (Å²) in [5, 5.41) is 3.60. The maximum Gasteiger partial charge on any atom is 0.253 e. The number of halogens is 2. The smallest absolute Gasteiger partial charge is 0.253 e. The van der Waals surface area contributed by atoms with Crippen LogP contribution in [0.25, 0.3) is 0 Å². The van der Waals surface area contributed by atoms with Gasteiger partial charge in [-0.3, -0.25) is 4.79 Å². The molecule has 1 aliphatic carbocycles. The van der Waals surface area contributed by atoms with Crippen molar-refractivity contribution in [1.82, 2.24) is 5.32 Å². The van der Waals surface area contributed by atoms with Crippen molar-refractivity contribution in [2.45, 2.75) is 38.1 Å². The Balaban J connectivity index is 2.20. The van der Waals surface area contributed by atoms with Gasteiger partial charge in [0.1, 0.15) is 0 Å². The second-order valence-electron chi connectivity index (χ2n) is 5.59. The van der Waals surface area contributed by atoms with Crippen LogP contribution in [0.3, 0.4) is 0 Å². The summed E-state index contributed by atoms with van der Waals surface area (Å²) in [6.45, 7) is 2.63. The first-order chi connectivity index (χ1) is 9.48. The summed E-state index contributed by atoms with van der Waals surface area (Å²) in [6, 6.07) is 5.29. The number of nitrogens with one attached hydrogen (secondary N) is 1. The molecule has 0 spiro atoms. The molecular weight excluding hydrogens is 340 g/mol. The van der Waals surface area contributed by atoms with E-state index in [1.54, 1.807) is 12.1 Å². The summed E-state index contributed by atoms with van der Waals surface area (Å²) in [6.07, 6.45) is 4.35. The number of carbonyl (C=O) groups excluding carboxylic acids is 1. The fourth-order valence-corrected chi connectivity index (χ4v) is 3.68. The summed E-state index contributed by atoms with van der Waals surface area (Å²) in [7, 11) is 0. The molecule has 2 unspecified atom stereocenters. The summed E-state index contributed by atoms with van der Waals surface area (Å²) in [4.78, 5) is 12.5. The quantitative estimate of drug-likeness (QED) is 0.864. The second kappa shape index (κ2) is 6.46. The molecule has 1 aliphatic rings. The van der Waals surface area contributed by atoms with Gasteiger partial charge in [-0.1, -0.05) is 47.3 Å². The molecule has 0 aliphatic heterocycles. The Morgan fingerprint density at radius 2 is 2.30 bits per heavy atom. The normalized spacial score (nSPS) is 26.3. The molecule has 0 bridgehead atoms. The molecule has 0 saturated heterocycles. The molecule has 5 heteroatoms. The lowest BCUT2D eigenvalue weighted by Crippen LogP contribution is -2.59. The van der Waals surface area contributed by atoms with Crippen LogP contribution >= 0.6 is 27.5 Å². The predicted octanol–water partition coefficient (Wildman–Crippen LogP) is 3.74. The minimum atomic E-state index is -0.300. The lowest BCUT2D eigenvalue weighted by atomic mass is 9.73. The van der Waals surface area contributed by atoms with Crippen molar-refractivity contribution in [1.29, 1.82) is 0 Å². The maximum absolute atomic E-state index is 12.5. The highest BCUT2D eigenvalue weighted by atomic mass is 79.9. The molecule has 0 heterocycles. The van der Waals surface area contributed by atoms with E-state index in [1.165, 1.54) is 6.42 Å². The Kier molecular flexibility index (Phi) is 5.10. The molecule has 1 saturated carbocycles. The molecule has 110 valence electrons. The van der Waals surface area contributed by atoms with Crippen LogP contribution in [0.1, 0.15) is 43.0 Å². The zero-order chi connectivity index (χ0) is 14.8. The van der Waals surface area contributed by atoms with Crippen molar-refractivity contribution in [2.24, 2.45) is 11.7 Å². The van der Waals surface area contributed by atoms with Crippen LogP contribution in [0.15, 0.2) is 22.7 Å². The van der Waals surface area contributed by atoms with E-state index in [0.717, 1.165) is 23.7 Å². The Morgan fingerprint density at radius 1 is 1.55 bits per heavy atom. The average molecular weight is 360 g/mol. The number of nitrogens with two attached hydrogens (primary N) is 1. The van der Waals surface area contributed by atoms with Gasteiger partial charge in [0.2, 0.25) is 0 Å². The number of amides is 1. The zero-order valence-corrected chi connectivity index (χ0v) is 13.9. The van der Waals surface area contributed by atoms with Crippen LogP contribution in [0.2, 0.25) is 5.02 Å². The Bertz CT molecular complexity index is 509. The number of hydrogen-bond donors (Lipinski definition) is 2. The Morgan fingerprint density at radius 3 is 2.90 bits per heavy atom. The predicted molar refractivity (Wildman–Crippen MR) is 86.0 cm³/mol. The summed E-state index contributed by atoms with van der Waals surface area (Å²) in [5.74, 6) is 0.251. The molecule has 2 atom stereocenters. The molecule has 20 heavy (non-hydrogen) atoms. The number of rotatable bonds is 3. The van der Waals surface area contributed by atoms with E-state index >= 15 is 0 Å². The van der Waals surface area contributed by atoms with Crippen LogP contribution in [-0.2, 0) is 0 Å². The third-order valence-electron chi connectivity index (χ3n) is 4.36. The summed E-state index contributed by atoms with van der Waals surface area (Å²) < 4.78 is 0.860. The van der Waals surface area contributed by atoms with Crippen LogP contribution in [0.5, 0.6) is 0 Å². The first-order valence-electron chi connectivity index (χ1n) is 6.96. The minimum absolute atomic E-state index is 0.137. The monoisotopic (exact) mass is 358 g/mol. The van der Waals surface area contributed by atoms with Crippen molar-refractivity contribution in [3.8, 4) is 0 Å². The van der Waals surface area contributed by atoms with E-state index in [4.69, 9.17) is 17.3 Å². The van der Waals surface area contributed by atoms with Crippen LogP contribution < -0.4 is 11.1 Å². The molecule has 0 radical (unpaired) electrons. The SMILES string of the molecule is CC1CCCCC1(CN)NC(=O)c1ccc(Br)cc1Cl. The van der Waals surface area contributed by atoms with Gasteiger partial charge in [-0.25, -0.2) is 0 Å². The third kappa shape index (κ3) is 3.18. The van der Waals surface area contributed by atoms with E-state index in [9.17, 15) is 4.79 Å². The third-order valence-corrected chi connectivity index (χ3v) is 5.16. The fraction of sp³-hybridized carbons (Fsp3) is 0.533. The van der Waals surface area contributed by atoms with Crippen LogP contribution in [0, 0.1) is 5.92 Å². The molecule has 1 amide bonds. The summed E-state index contributed by atoms with van der Waals surface area (Å²) >= 11 is 9.49. The molecule has 1 aromatic rings. The Labute approximate surface area is 133 Å². The first kappa shape index (κ1) is 15.8. The second-order valence-corrected chi connectivity index (χ2v) is 6.91. The standard InChI is InChI=1S/C15H20BrClN2O/c1-10-4-2-3-7-15(10,9-18)19-14(20)12-6-5-11(16)8-13(12)17/h5-6,8,10H,2-4,7,9,18H2,1H3,(H,19,20). The van der Waals surface area contributed by atoms with E-state index < -0.39 is 0 Å². The Hall–Kier alpha value is -0.580. The van der Waals surface area contributed by atoms with Gasteiger partial charge in [0.15, 0.2) is 0 Å². The van der Waals surface area contributed by atoms with Gasteiger partial charge >= 0.3 is 0 Å². The molecule has 3 nitrogen and oxygen atoms in total.